The Balaban J connectivity index is 2.70. The summed E-state index contributed by atoms with van der Waals surface area (Å²) in [6, 6.07) is 8.48. The quantitative estimate of drug-likeness (QED) is 0.324. The van der Waals surface area contributed by atoms with E-state index in [2.05, 4.69) is 10.0 Å². The second-order valence-corrected chi connectivity index (χ2v) is 2.98. The molecular weight excluding hydrogens is 194 g/mol. The van der Waals surface area contributed by atoms with E-state index in [0.29, 0.717) is 11.1 Å². The number of nitrogens with zero attached hydrogens (tertiary/aromatic N) is 3. The zero-order chi connectivity index (χ0) is 10.7. The highest BCUT2D eigenvalue weighted by Crippen LogP contribution is 2.16. The van der Waals surface area contributed by atoms with Gasteiger partial charge in [-0.1, -0.05) is 23.3 Å². The summed E-state index contributed by atoms with van der Waals surface area (Å²) in [5.74, 6) is 0. The Hall–Kier alpha value is -2.26. The second kappa shape index (κ2) is 3.86. The molecule has 1 aromatic carbocycles. The molecule has 0 aliphatic carbocycles. The standard InChI is InChI=1S/C10H7N3O2/c11-13-12-6-7-5-10(14)15-9-4-2-1-3-8(7)9/h1-5H,6H2. The van der Waals surface area contributed by atoms with Crippen LogP contribution in [0.4, 0.5) is 0 Å². The molecule has 1 aromatic heterocycles. The zero-order valence-corrected chi connectivity index (χ0v) is 7.75. The van der Waals surface area contributed by atoms with Crippen LogP contribution in [0.1, 0.15) is 5.56 Å². The van der Waals surface area contributed by atoms with Crippen LogP contribution in [0.15, 0.2) is 44.7 Å². The summed E-state index contributed by atoms with van der Waals surface area (Å²) in [6.45, 7) is 0.155. The molecule has 0 saturated carbocycles. The molecule has 74 valence electrons. The number of azide groups is 1. The van der Waals surface area contributed by atoms with Gasteiger partial charge in [0.05, 0.1) is 6.54 Å². The predicted octanol–water partition coefficient (Wildman–Crippen LogP) is 2.60. The SMILES string of the molecule is [N-]=[N+]=NCc1cc(=O)oc2ccccc12. The van der Waals surface area contributed by atoms with E-state index >= 15 is 0 Å². The number of hydrogen-bond acceptors (Lipinski definition) is 3. The molecule has 5 nitrogen and oxygen atoms in total. The van der Waals surface area contributed by atoms with Gasteiger partial charge in [0.2, 0.25) is 0 Å². The van der Waals surface area contributed by atoms with E-state index in [1.807, 2.05) is 12.1 Å². The summed E-state index contributed by atoms with van der Waals surface area (Å²) in [7, 11) is 0. The van der Waals surface area contributed by atoms with Crippen LogP contribution in [-0.4, -0.2) is 0 Å². The van der Waals surface area contributed by atoms with Gasteiger partial charge in [-0.3, -0.25) is 0 Å². The minimum absolute atomic E-state index is 0.155. The Labute approximate surface area is 84.6 Å². The Bertz CT molecular complexity index is 597. The van der Waals surface area contributed by atoms with Gasteiger partial charge in [0, 0.05) is 16.4 Å². The minimum Gasteiger partial charge on any atom is -0.423 e. The van der Waals surface area contributed by atoms with Gasteiger partial charge in [-0.25, -0.2) is 4.79 Å². The molecule has 0 atom stereocenters. The normalized spacial score (nSPS) is 9.87. The van der Waals surface area contributed by atoms with Crippen LogP contribution in [0, 0.1) is 0 Å². The third kappa shape index (κ3) is 1.82. The molecule has 0 saturated heterocycles. The van der Waals surface area contributed by atoms with E-state index < -0.39 is 5.63 Å². The van der Waals surface area contributed by atoms with Crippen LogP contribution in [0.25, 0.3) is 21.4 Å². The summed E-state index contributed by atoms with van der Waals surface area (Å²) in [5, 5.41) is 4.23. The lowest BCUT2D eigenvalue weighted by molar-refractivity contribution is 0.559. The molecule has 15 heavy (non-hydrogen) atoms. The monoisotopic (exact) mass is 201 g/mol. The molecule has 0 N–H and O–H groups in total. The van der Waals surface area contributed by atoms with Gasteiger partial charge in [0.25, 0.3) is 0 Å². The maximum Gasteiger partial charge on any atom is 0.336 e. The van der Waals surface area contributed by atoms with E-state index in [1.54, 1.807) is 12.1 Å². The molecule has 0 aliphatic rings. The van der Waals surface area contributed by atoms with Gasteiger partial charge < -0.3 is 4.42 Å². The first kappa shape index (κ1) is 9.30. The first-order valence-electron chi connectivity index (χ1n) is 4.34. The number of benzene rings is 1. The maximum absolute atomic E-state index is 11.2. The molecule has 0 spiro atoms. The molecule has 0 radical (unpaired) electrons. The van der Waals surface area contributed by atoms with Crippen molar-refractivity contribution in [2.45, 2.75) is 6.54 Å². The summed E-state index contributed by atoms with van der Waals surface area (Å²) >= 11 is 0. The summed E-state index contributed by atoms with van der Waals surface area (Å²) in [4.78, 5) is 13.8. The van der Waals surface area contributed by atoms with Crippen molar-refractivity contribution in [1.29, 1.82) is 0 Å². The Kier molecular flexibility index (Phi) is 2.39. The first-order valence-corrected chi connectivity index (χ1v) is 4.34. The molecule has 5 heteroatoms. The largest absolute Gasteiger partial charge is 0.423 e. The molecule has 0 amide bonds. The van der Waals surface area contributed by atoms with Crippen molar-refractivity contribution >= 4 is 11.0 Å². The van der Waals surface area contributed by atoms with Crippen LogP contribution in [0.3, 0.4) is 0 Å². The van der Waals surface area contributed by atoms with Crippen LogP contribution < -0.4 is 5.63 Å². The third-order valence-electron chi connectivity index (χ3n) is 2.04. The highest BCUT2D eigenvalue weighted by Gasteiger charge is 2.02. The molecular formula is C10H7N3O2. The number of rotatable bonds is 2. The topological polar surface area (TPSA) is 79.0 Å². The van der Waals surface area contributed by atoms with Crippen molar-refractivity contribution in [3.05, 3.63) is 56.8 Å². The van der Waals surface area contributed by atoms with Crippen molar-refractivity contribution in [2.24, 2.45) is 5.11 Å². The average molecular weight is 201 g/mol. The van der Waals surface area contributed by atoms with Crippen LogP contribution in [0.2, 0.25) is 0 Å². The van der Waals surface area contributed by atoms with Crippen molar-refractivity contribution in [2.75, 3.05) is 0 Å². The van der Waals surface area contributed by atoms with Crippen molar-refractivity contribution < 1.29 is 4.42 Å². The smallest absolute Gasteiger partial charge is 0.336 e. The van der Waals surface area contributed by atoms with E-state index in [-0.39, 0.29) is 6.54 Å². The summed E-state index contributed by atoms with van der Waals surface area (Å²) in [6.07, 6.45) is 0. The Morgan fingerprint density at radius 3 is 3.00 bits per heavy atom. The molecule has 0 aliphatic heterocycles. The zero-order valence-electron chi connectivity index (χ0n) is 7.75. The summed E-state index contributed by atoms with van der Waals surface area (Å²) < 4.78 is 4.99. The van der Waals surface area contributed by atoms with E-state index in [1.165, 1.54) is 6.07 Å². The highest BCUT2D eigenvalue weighted by atomic mass is 16.4. The van der Waals surface area contributed by atoms with Crippen molar-refractivity contribution in [3.8, 4) is 0 Å². The van der Waals surface area contributed by atoms with E-state index in [0.717, 1.165) is 5.39 Å². The Morgan fingerprint density at radius 1 is 1.40 bits per heavy atom. The van der Waals surface area contributed by atoms with Gasteiger partial charge in [-0.15, -0.1) is 0 Å². The lowest BCUT2D eigenvalue weighted by atomic mass is 10.1. The minimum atomic E-state index is -0.433. The fourth-order valence-electron chi connectivity index (χ4n) is 1.42. The molecule has 2 aromatic rings. The number of para-hydroxylation sites is 1. The van der Waals surface area contributed by atoms with Crippen molar-refractivity contribution in [3.63, 3.8) is 0 Å². The van der Waals surface area contributed by atoms with Gasteiger partial charge in [-0.2, -0.15) is 0 Å². The molecule has 1 heterocycles. The van der Waals surface area contributed by atoms with E-state index in [9.17, 15) is 4.79 Å². The summed E-state index contributed by atoms with van der Waals surface area (Å²) in [5.41, 5.74) is 8.98. The molecule has 2 rings (SSSR count). The Morgan fingerprint density at radius 2 is 2.20 bits per heavy atom. The van der Waals surface area contributed by atoms with Gasteiger partial charge >= 0.3 is 5.63 Å². The third-order valence-corrected chi connectivity index (χ3v) is 2.04. The molecule has 0 bridgehead atoms. The van der Waals surface area contributed by atoms with Gasteiger partial charge in [0.1, 0.15) is 5.58 Å². The average Bonchev–Trinajstić information content (AvgIpc) is 2.25. The van der Waals surface area contributed by atoms with E-state index in [4.69, 9.17) is 9.95 Å². The lowest BCUT2D eigenvalue weighted by Crippen LogP contribution is -1.99. The fraction of sp³-hybridized carbons (Fsp3) is 0.100. The highest BCUT2D eigenvalue weighted by molar-refractivity contribution is 5.79. The fourth-order valence-corrected chi connectivity index (χ4v) is 1.42. The van der Waals surface area contributed by atoms with Gasteiger partial charge in [-0.05, 0) is 17.2 Å². The lowest BCUT2D eigenvalue weighted by Gasteiger charge is -2.00. The molecule has 0 unspecified atom stereocenters. The van der Waals surface area contributed by atoms with Crippen LogP contribution in [-0.2, 0) is 6.54 Å². The van der Waals surface area contributed by atoms with Crippen LogP contribution in [0.5, 0.6) is 0 Å². The first-order chi connectivity index (χ1) is 7.31. The number of hydrogen-bond donors (Lipinski definition) is 0. The maximum atomic E-state index is 11.2. The van der Waals surface area contributed by atoms with Gasteiger partial charge in [0.15, 0.2) is 0 Å². The second-order valence-electron chi connectivity index (χ2n) is 2.98. The molecule has 0 fully saturated rings. The predicted molar refractivity (Wildman–Crippen MR) is 55.3 cm³/mol. The van der Waals surface area contributed by atoms with Crippen LogP contribution >= 0.6 is 0 Å². The van der Waals surface area contributed by atoms with Crippen molar-refractivity contribution in [1.82, 2.24) is 0 Å². The number of fused-ring (bicyclic) bond motifs is 1.